The second kappa shape index (κ2) is 8.68. The van der Waals surface area contributed by atoms with E-state index in [1.54, 1.807) is 20.8 Å². The minimum absolute atomic E-state index is 0.0393. The second-order valence-corrected chi connectivity index (χ2v) is 6.73. The van der Waals surface area contributed by atoms with Crippen molar-refractivity contribution in [1.82, 2.24) is 10.3 Å². The molecular weight excluding hydrogens is 336 g/mol. The summed E-state index contributed by atoms with van der Waals surface area (Å²) in [6, 6.07) is 1.47. The van der Waals surface area contributed by atoms with Gasteiger partial charge in [-0.3, -0.25) is 10.1 Å². The van der Waals surface area contributed by atoms with Crippen LogP contribution in [0.15, 0.2) is 12.3 Å². The zero-order valence-corrected chi connectivity index (χ0v) is 15.0. The van der Waals surface area contributed by atoms with Crippen molar-refractivity contribution in [2.45, 2.75) is 52.2 Å². The van der Waals surface area contributed by atoms with Gasteiger partial charge in [0.25, 0.3) is 0 Å². The van der Waals surface area contributed by atoms with Crippen LogP contribution in [-0.2, 0) is 4.74 Å². The third-order valence-corrected chi connectivity index (χ3v) is 3.22. The van der Waals surface area contributed by atoms with Gasteiger partial charge < -0.3 is 15.4 Å². The van der Waals surface area contributed by atoms with Crippen molar-refractivity contribution in [1.29, 1.82) is 0 Å². The Morgan fingerprint density at radius 2 is 2.17 bits per heavy atom. The quantitative estimate of drug-likeness (QED) is 0.333. The van der Waals surface area contributed by atoms with Gasteiger partial charge in [0.1, 0.15) is 11.3 Å². The molecule has 0 saturated carbocycles. The minimum Gasteiger partial charge on any atom is -0.444 e. The number of ether oxygens (including phenoxy) is 1. The lowest BCUT2D eigenvalue weighted by molar-refractivity contribution is -0.384. The first-order valence-corrected chi connectivity index (χ1v) is 8.00. The zero-order chi connectivity index (χ0) is 18.3. The van der Waals surface area contributed by atoms with Crippen LogP contribution in [0.25, 0.3) is 0 Å². The Kier molecular flexibility index (Phi) is 7.21. The van der Waals surface area contributed by atoms with Gasteiger partial charge in [-0.2, -0.15) is 0 Å². The monoisotopic (exact) mass is 358 g/mol. The summed E-state index contributed by atoms with van der Waals surface area (Å²) in [6.45, 7) is 7.74. The molecule has 1 aromatic rings. The number of nitro groups is 1. The topological polar surface area (TPSA) is 106 Å². The highest BCUT2D eigenvalue weighted by Crippen LogP contribution is 2.30. The number of alkyl carbamates (subject to hydrolysis) is 1. The van der Waals surface area contributed by atoms with E-state index in [2.05, 4.69) is 15.6 Å². The molecular formula is C15H23ClN4O4. The van der Waals surface area contributed by atoms with Gasteiger partial charge in [0, 0.05) is 18.8 Å². The average Bonchev–Trinajstić information content (AvgIpc) is 2.41. The number of nitrogens with zero attached hydrogens (tertiary/aromatic N) is 2. The summed E-state index contributed by atoms with van der Waals surface area (Å²) in [4.78, 5) is 25.7. The predicted octanol–water partition coefficient (Wildman–Crippen LogP) is 3.75. The van der Waals surface area contributed by atoms with Crippen LogP contribution in [0.1, 0.15) is 40.5 Å². The predicted molar refractivity (Wildman–Crippen MR) is 92.5 cm³/mol. The number of pyridine rings is 1. The number of carbonyl (C=O) groups is 1. The molecule has 1 rings (SSSR count). The van der Waals surface area contributed by atoms with E-state index in [4.69, 9.17) is 16.3 Å². The fourth-order valence-electron chi connectivity index (χ4n) is 1.97. The number of hydrogen-bond donors (Lipinski definition) is 2. The molecule has 8 nitrogen and oxygen atoms in total. The van der Waals surface area contributed by atoms with Gasteiger partial charge >= 0.3 is 11.8 Å². The Bertz CT molecular complexity index is 589. The molecule has 1 aromatic heterocycles. The molecule has 1 atom stereocenters. The van der Waals surface area contributed by atoms with Crippen LogP contribution in [0.3, 0.4) is 0 Å². The lowest BCUT2D eigenvalue weighted by Gasteiger charge is -2.20. The van der Waals surface area contributed by atoms with Gasteiger partial charge in [0.15, 0.2) is 0 Å². The fraction of sp³-hybridized carbons (Fsp3) is 0.600. The highest BCUT2D eigenvalue weighted by Gasteiger charge is 2.21. The molecule has 0 spiro atoms. The van der Waals surface area contributed by atoms with E-state index < -0.39 is 16.6 Å². The van der Waals surface area contributed by atoms with E-state index in [1.807, 2.05) is 6.92 Å². The Labute approximate surface area is 146 Å². The van der Waals surface area contributed by atoms with Crippen molar-refractivity contribution in [3.63, 3.8) is 0 Å². The number of hydrogen-bond acceptors (Lipinski definition) is 6. The molecule has 9 heteroatoms. The number of aromatic nitrogens is 1. The Morgan fingerprint density at radius 3 is 2.75 bits per heavy atom. The number of amides is 1. The van der Waals surface area contributed by atoms with Gasteiger partial charge in [0.05, 0.1) is 4.92 Å². The molecule has 134 valence electrons. The van der Waals surface area contributed by atoms with E-state index in [1.165, 1.54) is 12.3 Å². The number of halogens is 1. The Balaban J connectivity index is 2.43. The highest BCUT2D eigenvalue weighted by molar-refractivity contribution is 6.32. The number of nitrogens with one attached hydrogen (secondary N) is 2. The van der Waals surface area contributed by atoms with Crippen LogP contribution in [-0.4, -0.2) is 34.2 Å². The van der Waals surface area contributed by atoms with Crippen LogP contribution in [0, 0.1) is 10.1 Å². The molecule has 0 saturated heterocycles. The summed E-state index contributed by atoms with van der Waals surface area (Å²) in [5.74, 6) is 0. The summed E-state index contributed by atoms with van der Waals surface area (Å²) in [5, 5.41) is 16.6. The van der Waals surface area contributed by atoms with Crippen molar-refractivity contribution in [3.8, 4) is 0 Å². The Morgan fingerprint density at radius 1 is 1.50 bits per heavy atom. The standard InChI is InChI=1S/C15H23ClN4O4/c1-10(6-5-8-18-14(21)24-15(2,3)4)19-11-7-9-17-13(16)12(11)20(22)23/h7,9-10H,5-6,8H2,1-4H3,(H,17,19)(H,18,21). The van der Waals surface area contributed by atoms with Crippen molar-refractivity contribution >= 4 is 29.1 Å². The third-order valence-electron chi connectivity index (χ3n) is 2.95. The molecule has 0 fully saturated rings. The molecule has 0 aliphatic carbocycles. The van der Waals surface area contributed by atoms with Crippen LogP contribution in [0.4, 0.5) is 16.2 Å². The lowest BCUT2D eigenvalue weighted by atomic mass is 10.1. The molecule has 1 unspecified atom stereocenters. The van der Waals surface area contributed by atoms with Crippen molar-refractivity contribution in [2.75, 3.05) is 11.9 Å². The number of carbonyl (C=O) groups excluding carboxylic acids is 1. The van der Waals surface area contributed by atoms with Crippen LogP contribution in [0.2, 0.25) is 5.15 Å². The maximum absolute atomic E-state index is 11.5. The summed E-state index contributed by atoms with van der Waals surface area (Å²) in [7, 11) is 0. The first-order chi connectivity index (χ1) is 11.1. The summed E-state index contributed by atoms with van der Waals surface area (Å²) in [6.07, 6.45) is 2.35. The van der Waals surface area contributed by atoms with Crippen LogP contribution in [0.5, 0.6) is 0 Å². The molecule has 1 heterocycles. The molecule has 0 radical (unpaired) electrons. The maximum Gasteiger partial charge on any atom is 0.407 e. The summed E-state index contributed by atoms with van der Waals surface area (Å²) in [5.41, 5.74) is -0.441. The van der Waals surface area contributed by atoms with Crippen molar-refractivity contribution < 1.29 is 14.5 Å². The minimum atomic E-state index is -0.561. The Hall–Kier alpha value is -2.09. The molecule has 24 heavy (non-hydrogen) atoms. The van der Waals surface area contributed by atoms with Gasteiger partial charge in [-0.05, 0) is 46.6 Å². The van der Waals surface area contributed by atoms with Crippen molar-refractivity contribution in [2.24, 2.45) is 0 Å². The summed E-state index contributed by atoms with van der Waals surface area (Å²) < 4.78 is 5.13. The third kappa shape index (κ3) is 6.99. The van der Waals surface area contributed by atoms with E-state index in [0.717, 1.165) is 0 Å². The SMILES string of the molecule is CC(CCCNC(=O)OC(C)(C)C)Nc1ccnc(Cl)c1[N+](=O)[O-]. The van der Waals surface area contributed by atoms with E-state index in [9.17, 15) is 14.9 Å². The molecule has 1 amide bonds. The van der Waals surface area contributed by atoms with Gasteiger partial charge in [-0.15, -0.1) is 0 Å². The molecule has 0 aliphatic heterocycles. The average molecular weight is 359 g/mol. The summed E-state index contributed by atoms with van der Waals surface area (Å²) >= 11 is 5.77. The normalized spacial score (nSPS) is 12.4. The van der Waals surface area contributed by atoms with E-state index >= 15 is 0 Å². The van der Waals surface area contributed by atoms with Crippen LogP contribution >= 0.6 is 11.6 Å². The maximum atomic E-state index is 11.5. The molecule has 0 bridgehead atoms. The van der Waals surface area contributed by atoms with Crippen molar-refractivity contribution in [3.05, 3.63) is 27.5 Å². The molecule has 0 aliphatic rings. The van der Waals surface area contributed by atoms with Crippen LogP contribution < -0.4 is 10.6 Å². The van der Waals surface area contributed by atoms with Gasteiger partial charge in [0.2, 0.25) is 5.15 Å². The smallest absolute Gasteiger partial charge is 0.407 e. The molecule has 0 aromatic carbocycles. The fourth-order valence-corrected chi connectivity index (χ4v) is 2.20. The lowest BCUT2D eigenvalue weighted by Crippen LogP contribution is -2.33. The zero-order valence-electron chi connectivity index (χ0n) is 14.3. The van der Waals surface area contributed by atoms with Gasteiger partial charge in [-0.25, -0.2) is 9.78 Å². The highest BCUT2D eigenvalue weighted by atomic mass is 35.5. The first-order valence-electron chi connectivity index (χ1n) is 7.62. The first kappa shape index (κ1) is 20.0. The molecule has 2 N–H and O–H groups in total. The number of anilines is 1. The second-order valence-electron chi connectivity index (χ2n) is 6.37. The van der Waals surface area contributed by atoms with E-state index in [-0.39, 0.29) is 16.9 Å². The number of rotatable bonds is 7. The van der Waals surface area contributed by atoms with Gasteiger partial charge in [-0.1, -0.05) is 11.6 Å². The largest absolute Gasteiger partial charge is 0.444 e. The van der Waals surface area contributed by atoms with E-state index in [0.29, 0.717) is 25.1 Å².